The number of halogens is 3. The van der Waals surface area contributed by atoms with E-state index in [0.29, 0.717) is 12.8 Å². The molecule has 0 unspecified atom stereocenters. The van der Waals surface area contributed by atoms with Crippen molar-refractivity contribution in [2.24, 2.45) is 0 Å². The summed E-state index contributed by atoms with van der Waals surface area (Å²) in [7, 11) is 0. The smallest absolute Gasteiger partial charge is 0.348 e. The monoisotopic (exact) mass is 168 g/mol. The van der Waals surface area contributed by atoms with E-state index in [1.54, 1.807) is 5.32 Å². The number of carbonyl (C=O) groups is 1. The van der Waals surface area contributed by atoms with Crippen LogP contribution in [0, 0.1) is 6.92 Å². The molecule has 0 bridgehead atoms. The Morgan fingerprint density at radius 1 is 1.45 bits per heavy atom. The van der Waals surface area contributed by atoms with Crippen LogP contribution in [0.25, 0.3) is 0 Å². The SMILES string of the molecule is [CH2]CCCNC(=O)C(F)(F)F. The minimum absolute atomic E-state index is 0.0296. The number of carbonyl (C=O) groups excluding carboxylic acids is 1. The Balaban J connectivity index is 3.54. The normalized spacial score (nSPS) is 11.3. The van der Waals surface area contributed by atoms with Crippen molar-refractivity contribution in [1.29, 1.82) is 0 Å². The van der Waals surface area contributed by atoms with E-state index in [1.807, 2.05) is 0 Å². The van der Waals surface area contributed by atoms with Gasteiger partial charge < -0.3 is 5.32 Å². The van der Waals surface area contributed by atoms with Crippen molar-refractivity contribution in [3.8, 4) is 0 Å². The maximum Gasteiger partial charge on any atom is 0.471 e. The van der Waals surface area contributed by atoms with Crippen molar-refractivity contribution < 1.29 is 18.0 Å². The molecule has 0 heterocycles. The molecule has 0 spiro atoms. The quantitative estimate of drug-likeness (QED) is 0.632. The van der Waals surface area contributed by atoms with Crippen molar-refractivity contribution in [1.82, 2.24) is 5.32 Å². The summed E-state index contributed by atoms with van der Waals surface area (Å²) in [5.41, 5.74) is 0. The van der Waals surface area contributed by atoms with Crippen LogP contribution in [0.15, 0.2) is 0 Å². The fourth-order valence-electron chi connectivity index (χ4n) is 0.427. The molecular weight excluding hydrogens is 159 g/mol. The Hall–Kier alpha value is -0.740. The average molecular weight is 168 g/mol. The molecule has 5 heteroatoms. The Bertz CT molecular complexity index is 132. The highest BCUT2D eigenvalue weighted by atomic mass is 19.4. The molecule has 0 aliphatic carbocycles. The summed E-state index contributed by atoms with van der Waals surface area (Å²) >= 11 is 0. The summed E-state index contributed by atoms with van der Waals surface area (Å²) in [4.78, 5) is 10.1. The zero-order valence-electron chi connectivity index (χ0n) is 5.87. The Morgan fingerprint density at radius 2 is 2.00 bits per heavy atom. The van der Waals surface area contributed by atoms with Crippen LogP contribution in [0.2, 0.25) is 0 Å². The number of nitrogens with one attached hydrogen (secondary N) is 1. The zero-order chi connectivity index (χ0) is 8.91. The van der Waals surface area contributed by atoms with E-state index in [4.69, 9.17) is 0 Å². The van der Waals surface area contributed by atoms with Gasteiger partial charge >= 0.3 is 12.1 Å². The molecule has 0 rings (SSSR count). The first-order chi connectivity index (χ1) is 4.98. The molecule has 11 heavy (non-hydrogen) atoms. The highest BCUT2D eigenvalue weighted by molar-refractivity contribution is 5.81. The zero-order valence-corrected chi connectivity index (χ0v) is 5.87. The van der Waals surface area contributed by atoms with Crippen LogP contribution < -0.4 is 5.32 Å². The number of amides is 1. The molecule has 1 N–H and O–H groups in total. The third kappa shape index (κ3) is 4.64. The molecule has 2 nitrogen and oxygen atoms in total. The lowest BCUT2D eigenvalue weighted by Crippen LogP contribution is -2.37. The summed E-state index contributed by atoms with van der Waals surface area (Å²) in [6, 6.07) is 0. The van der Waals surface area contributed by atoms with Gasteiger partial charge in [0, 0.05) is 6.54 Å². The molecule has 0 aromatic carbocycles. The lowest BCUT2D eigenvalue weighted by atomic mass is 10.3. The van der Waals surface area contributed by atoms with E-state index < -0.39 is 12.1 Å². The Kier molecular flexibility index (Phi) is 3.92. The van der Waals surface area contributed by atoms with Crippen LogP contribution in [-0.2, 0) is 4.79 Å². The molecule has 0 aromatic heterocycles. The van der Waals surface area contributed by atoms with Gasteiger partial charge in [-0.25, -0.2) is 0 Å². The Morgan fingerprint density at radius 3 is 2.36 bits per heavy atom. The fraction of sp³-hybridized carbons (Fsp3) is 0.667. The van der Waals surface area contributed by atoms with Gasteiger partial charge in [-0.3, -0.25) is 4.79 Å². The summed E-state index contributed by atoms with van der Waals surface area (Å²) in [5, 5.41) is 1.72. The van der Waals surface area contributed by atoms with Gasteiger partial charge in [0.25, 0.3) is 0 Å². The van der Waals surface area contributed by atoms with Crippen molar-refractivity contribution in [3.63, 3.8) is 0 Å². The summed E-state index contributed by atoms with van der Waals surface area (Å²) in [5.74, 6) is -1.88. The third-order valence-electron chi connectivity index (χ3n) is 0.970. The lowest BCUT2D eigenvalue weighted by molar-refractivity contribution is -0.173. The molecule has 0 atom stereocenters. The van der Waals surface area contributed by atoms with Crippen LogP contribution in [-0.4, -0.2) is 18.6 Å². The molecular formula is C6H9F3NO. The van der Waals surface area contributed by atoms with Gasteiger partial charge in [0.15, 0.2) is 0 Å². The van der Waals surface area contributed by atoms with Crippen LogP contribution in [0.1, 0.15) is 12.8 Å². The molecule has 0 aliphatic heterocycles. The van der Waals surface area contributed by atoms with Gasteiger partial charge in [0.2, 0.25) is 0 Å². The first-order valence-electron chi connectivity index (χ1n) is 3.12. The summed E-state index contributed by atoms with van der Waals surface area (Å²) < 4.78 is 34.3. The average Bonchev–Trinajstić information content (AvgIpc) is 1.86. The van der Waals surface area contributed by atoms with E-state index >= 15 is 0 Å². The molecule has 65 valence electrons. The van der Waals surface area contributed by atoms with Gasteiger partial charge in [-0.05, 0) is 6.42 Å². The van der Waals surface area contributed by atoms with Gasteiger partial charge in [0.1, 0.15) is 0 Å². The van der Waals surface area contributed by atoms with Crippen LogP contribution >= 0.6 is 0 Å². The standard InChI is InChI=1S/C6H9F3NO/c1-2-3-4-10-5(11)6(7,8)9/h1-4H2,(H,10,11). The van der Waals surface area contributed by atoms with Crippen molar-refractivity contribution in [2.45, 2.75) is 19.0 Å². The third-order valence-corrected chi connectivity index (χ3v) is 0.970. The van der Waals surface area contributed by atoms with Crippen molar-refractivity contribution >= 4 is 5.91 Å². The van der Waals surface area contributed by atoms with Crippen LogP contribution in [0.3, 0.4) is 0 Å². The lowest BCUT2D eigenvalue weighted by Gasteiger charge is -2.05. The minimum Gasteiger partial charge on any atom is -0.348 e. The van der Waals surface area contributed by atoms with Gasteiger partial charge in [-0.15, -0.1) is 0 Å². The molecule has 1 radical (unpaired) electrons. The van der Waals surface area contributed by atoms with Gasteiger partial charge in [-0.1, -0.05) is 13.3 Å². The van der Waals surface area contributed by atoms with E-state index in [2.05, 4.69) is 6.92 Å². The fourth-order valence-corrected chi connectivity index (χ4v) is 0.427. The maximum atomic E-state index is 11.4. The second kappa shape index (κ2) is 4.20. The molecule has 0 saturated heterocycles. The minimum atomic E-state index is -4.76. The van der Waals surface area contributed by atoms with Crippen LogP contribution in [0.4, 0.5) is 13.2 Å². The predicted molar refractivity (Wildman–Crippen MR) is 33.7 cm³/mol. The predicted octanol–water partition coefficient (Wildman–Crippen LogP) is 1.28. The number of rotatable bonds is 3. The largest absolute Gasteiger partial charge is 0.471 e. The van der Waals surface area contributed by atoms with E-state index in [0.717, 1.165) is 0 Å². The number of hydrogen-bond acceptors (Lipinski definition) is 1. The van der Waals surface area contributed by atoms with Crippen LogP contribution in [0.5, 0.6) is 0 Å². The first kappa shape index (κ1) is 10.3. The second-order valence-electron chi connectivity index (χ2n) is 1.96. The topological polar surface area (TPSA) is 29.1 Å². The maximum absolute atomic E-state index is 11.4. The van der Waals surface area contributed by atoms with Crippen molar-refractivity contribution in [2.75, 3.05) is 6.54 Å². The molecule has 1 amide bonds. The van der Waals surface area contributed by atoms with Crippen molar-refractivity contribution in [3.05, 3.63) is 6.92 Å². The highest BCUT2D eigenvalue weighted by Crippen LogP contribution is 2.13. The number of hydrogen-bond donors (Lipinski definition) is 1. The van der Waals surface area contributed by atoms with E-state index in [9.17, 15) is 18.0 Å². The summed E-state index contributed by atoms with van der Waals surface area (Å²) in [6.07, 6.45) is -3.79. The first-order valence-corrected chi connectivity index (χ1v) is 3.12. The highest BCUT2D eigenvalue weighted by Gasteiger charge is 2.37. The molecule has 0 fully saturated rings. The second-order valence-corrected chi connectivity index (χ2v) is 1.96. The Labute approximate surface area is 62.8 Å². The van der Waals surface area contributed by atoms with E-state index in [-0.39, 0.29) is 6.54 Å². The van der Waals surface area contributed by atoms with E-state index in [1.165, 1.54) is 0 Å². The van der Waals surface area contributed by atoms with Gasteiger partial charge in [0.05, 0.1) is 0 Å². The molecule has 0 saturated carbocycles. The van der Waals surface area contributed by atoms with Gasteiger partial charge in [-0.2, -0.15) is 13.2 Å². The summed E-state index contributed by atoms with van der Waals surface area (Å²) in [6.45, 7) is 3.44. The number of unbranched alkanes of at least 4 members (excludes halogenated alkanes) is 1. The molecule has 0 aliphatic rings. The number of alkyl halides is 3. The molecule has 0 aromatic rings.